The molecular weight excluding hydrogens is 268 g/mol. The van der Waals surface area contributed by atoms with E-state index in [0.717, 1.165) is 0 Å². The first kappa shape index (κ1) is 15.1. The minimum Gasteiger partial charge on any atom is -0.391 e. The van der Waals surface area contributed by atoms with Gasteiger partial charge in [0.05, 0.1) is 11.3 Å². The van der Waals surface area contributed by atoms with E-state index >= 15 is 0 Å². The van der Waals surface area contributed by atoms with Gasteiger partial charge in [-0.1, -0.05) is 0 Å². The van der Waals surface area contributed by atoms with Gasteiger partial charge in [0.2, 0.25) is 0 Å². The second kappa shape index (κ2) is 5.81. The van der Waals surface area contributed by atoms with Crippen LogP contribution in [-0.4, -0.2) is 21.8 Å². The van der Waals surface area contributed by atoms with Crippen molar-refractivity contribution in [2.45, 2.75) is 20.4 Å². The van der Waals surface area contributed by atoms with Crippen LogP contribution in [0.25, 0.3) is 0 Å². The van der Waals surface area contributed by atoms with Crippen molar-refractivity contribution in [1.82, 2.24) is 0 Å². The molecule has 2 nitrogen and oxygen atoms in total. The maximum absolute atomic E-state index is 13.6. The second-order valence-electron chi connectivity index (χ2n) is 3.57. The van der Waals surface area contributed by atoms with Gasteiger partial charge in [0, 0.05) is 13.2 Å². The summed E-state index contributed by atoms with van der Waals surface area (Å²) in [5.74, 6) is -6.18. The van der Waals surface area contributed by atoms with Gasteiger partial charge in [-0.05, 0) is 20.4 Å². The van der Waals surface area contributed by atoms with E-state index in [4.69, 9.17) is 8.85 Å². The minimum absolute atomic E-state index is 0.115. The Hall–Kier alpha value is -0.923. The first-order chi connectivity index (χ1) is 8.37. The predicted molar refractivity (Wildman–Crippen MR) is 59.6 cm³/mol. The van der Waals surface area contributed by atoms with Gasteiger partial charge in [-0.3, -0.25) is 0 Å². The second-order valence-corrected chi connectivity index (χ2v) is 6.54. The molecule has 0 N–H and O–H groups in total. The summed E-state index contributed by atoms with van der Waals surface area (Å²) in [4.78, 5) is 0. The lowest BCUT2D eigenvalue weighted by atomic mass is 10.3. The Kier molecular flexibility index (Phi) is 4.89. The van der Waals surface area contributed by atoms with Crippen LogP contribution in [0.2, 0.25) is 6.55 Å². The van der Waals surface area contributed by atoms with Gasteiger partial charge in [-0.15, -0.1) is 0 Å². The molecule has 1 aromatic rings. The molecule has 1 aromatic carbocycles. The standard InChI is InChI=1S/C11H13F4O2Si/c1-4-16-18(3,17-5-2)11-9(14)7(12)6-8(13)10(11)15/h4-5H2,1-3H3. The van der Waals surface area contributed by atoms with Crippen molar-refractivity contribution in [1.29, 1.82) is 0 Å². The van der Waals surface area contributed by atoms with Crippen LogP contribution in [0.3, 0.4) is 0 Å². The maximum Gasteiger partial charge on any atom is 0.375 e. The first-order valence-corrected chi connectivity index (χ1v) is 7.72. The molecule has 101 valence electrons. The van der Waals surface area contributed by atoms with E-state index < -0.39 is 37.0 Å². The Morgan fingerprint density at radius 3 is 1.67 bits per heavy atom. The Balaban J connectivity index is 3.44. The molecular formula is C11H13F4O2Si. The van der Waals surface area contributed by atoms with Crippen LogP contribution >= 0.6 is 0 Å². The molecule has 0 heterocycles. The SMILES string of the molecule is CCO[Si](C)(OCC)c1c(F)c(F)[c]c(F)c1F. The number of hydrogen-bond donors (Lipinski definition) is 0. The largest absolute Gasteiger partial charge is 0.391 e. The molecule has 0 amide bonds. The van der Waals surface area contributed by atoms with E-state index in [1.54, 1.807) is 13.8 Å². The van der Waals surface area contributed by atoms with Crippen molar-refractivity contribution in [3.05, 3.63) is 29.3 Å². The highest BCUT2D eigenvalue weighted by molar-refractivity contribution is 6.80. The molecule has 0 bridgehead atoms. The van der Waals surface area contributed by atoms with Crippen molar-refractivity contribution < 1.29 is 26.4 Å². The Morgan fingerprint density at radius 2 is 1.33 bits per heavy atom. The fourth-order valence-electron chi connectivity index (χ4n) is 1.66. The van der Waals surface area contributed by atoms with Crippen LogP contribution < -0.4 is 5.19 Å². The monoisotopic (exact) mass is 281 g/mol. The highest BCUT2D eigenvalue weighted by Gasteiger charge is 2.42. The predicted octanol–water partition coefficient (Wildman–Crippen LogP) is 2.40. The molecule has 18 heavy (non-hydrogen) atoms. The molecule has 0 unspecified atom stereocenters. The van der Waals surface area contributed by atoms with Crippen molar-refractivity contribution >= 4 is 13.7 Å². The fraction of sp³-hybridized carbons (Fsp3) is 0.455. The lowest BCUT2D eigenvalue weighted by Crippen LogP contribution is -2.54. The lowest BCUT2D eigenvalue weighted by Gasteiger charge is -2.27. The van der Waals surface area contributed by atoms with Gasteiger partial charge >= 0.3 is 8.56 Å². The van der Waals surface area contributed by atoms with Gasteiger partial charge in [0.25, 0.3) is 0 Å². The highest BCUT2D eigenvalue weighted by atomic mass is 28.4. The Morgan fingerprint density at radius 1 is 0.944 bits per heavy atom. The summed E-state index contributed by atoms with van der Waals surface area (Å²) in [5.41, 5.74) is 0. The van der Waals surface area contributed by atoms with Crippen LogP contribution in [0.4, 0.5) is 17.6 Å². The van der Waals surface area contributed by atoms with Gasteiger partial charge in [-0.2, -0.15) is 0 Å². The van der Waals surface area contributed by atoms with E-state index in [9.17, 15) is 17.6 Å². The maximum atomic E-state index is 13.6. The Labute approximate surface area is 104 Å². The lowest BCUT2D eigenvalue weighted by molar-refractivity contribution is 0.200. The molecule has 0 aliphatic heterocycles. The molecule has 7 heteroatoms. The van der Waals surface area contributed by atoms with E-state index in [1.807, 2.05) is 0 Å². The highest BCUT2D eigenvalue weighted by Crippen LogP contribution is 2.17. The van der Waals surface area contributed by atoms with Crippen molar-refractivity contribution in [2.24, 2.45) is 0 Å². The van der Waals surface area contributed by atoms with E-state index in [2.05, 4.69) is 0 Å². The van der Waals surface area contributed by atoms with Crippen LogP contribution in [-0.2, 0) is 8.85 Å². The van der Waals surface area contributed by atoms with E-state index in [0.29, 0.717) is 0 Å². The smallest absolute Gasteiger partial charge is 0.375 e. The summed E-state index contributed by atoms with van der Waals surface area (Å²) in [6, 6.07) is 1.33. The van der Waals surface area contributed by atoms with Gasteiger partial charge in [-0.25, -0.2) is 17.6 Å². The van der Waals surface area contributed by atoms with Crippen molar-refractivity contribution in [3.63, 3.8) is 0 Å². The zero-order chi connectivity index (χ0) is 13.9. The van der Waals surface area contributed by atoms with Crippen LogP contribution in [0, 0.1) is 29.3 Å². The molecule has 0 saturated heterocycles. The van der Waals surface area contributed by atoms with Gasteiger partial charge in [0.1, 0.15) is 0 Å². The zero-order valence-electron chi connectivity index (χ0n) is 10.2. The van der Waals surface area contributed by atoms with E-state index in [-0.39, 0.29) is 13.2 Å². The van der Waals surface area contributed by atoms with Crippen LogP contribution in [0.15, 0.2) is 0 Å². The Bertz CT molecular complexity index is 407. The zero-order valence-corrected chi connectivity index (χ0v) is 11.2. The summed E-state index contributed by atoms with van der Waals surface area (Å²) in [5, 5.41) is -0.792. The molecule has 0 saturated carbocycles. The normalized spacial score (nSPS) is 11.9. The third-order valence-electron chi connectivity index (χ3n) is 2.34. The van der Waals surface area contributed by atoms with Gasteiger partial charge in [0.15, 0.2) is 23.3 Å². The molecule has 0 spiro atoms. The average molecular weight is 281 g/mol. The fourth-order valence-corrected chi connectivity index (χ4v) is 4.15. The summed E-state index contributed by atoms with van der Waals surface area (Å²) >= 11 is 0. The molecule has 0 aliphatic rings. The third kappa shape index (κ3) is 2.73. The number of hydrogen-bond acceptors (Lipinski definition) is 2. The third-order valence-corrected chi connectivity index (χ3v) is 5.36. The molecule has 1 radical (unpaired) electrons. The quantitative estimate of drug-likeness (QED) is 0.469. The van der Waals surface area contributed by atoms with Crippen molar-refractivity contribution in [3.8, 4) is 0 Å². The topological polar surface area (TPSA) is 18.5 Å². The summed E-state index contributed by atoms with van der Waals surface area (Å²) in [7, 11) is -3.53. The first-order valence-electron chi connectivity index (χ1n) is 5.41. The summed E-state index contributed by atoms with van der Waals surface area (Å²) < 4.78 is 63.9. The van der Waals surface area contributed by atoms with Crippen LogP contribution in [0.1, 0.15) is 13.8 Å². The van der Waals surface area contributed by atoms with Gasteiger partial charge < -0.3 is 8.85 Å². The number of benzene rings is 1. The summed E-state index contributed by atoms with van der Waals surface area (Å²) in [6.45, 7) is 4.76. The van der Waals surface area contributed by atoms with E-state index in [1.165, 1.54) is 12.6 Å². The van der Waals surface area contributed by atoms with Crippen LogP contribution in [0.5, 0.6) is 0 Å². The molecule has 0 atom stereocenters. The number of halogens is 4. The molecule has 0 fully saturated rings. The molecule has 1 rings (SSSR count). The molecule has 0 aliphatic carbocycles. The minimum atomic E-state index is -3.53. The van der Waals surface area contributed by atoms with Crippen molar-refractivity contribution in [2.75, 3.05) is 13.2 Å². The number of rotatable bonds is 5. The average Bonchev–Trinajstić information content (AvgIpc) is 2.27. The summed E-state index contributed by atoms with van der Waals surface area (Å²) in [6.07, 6.45) is 0. The molecule has 0 aromatic heterocycles.